The summed E-state index contributed by atoms with van der Waals surface area (Å²) in [7, 11) is -3.72. The van der Waals surface area contributed by atoms with Crippen LogP contribution in [-0.2, 0) is 16.6 Å². The molecular formula is C16H20N4O2S. The standard InChI is InChI=1S/C16H20N4O2S/c1-11-6-12(2)8-14(7-11)20-16(17)19-10-13-4-3-5-15(9-13)23(18,21)22/h3-9H,10H2,1-2H3,(H3,17,19,20)(H2,18,21,22). The van der Waals surface area contributed by atoms with E-state index in [4.69, 9.17) is 10.9 Å². The van der Waals surface area contributed by atoms with E-state index in [1.165, 1.54) is 12.1 Å². The van der Waals surface area contributed by atoms with Crippen molar-refractivity contribution in [1.82, 2.24) is 0 Å². The quantitative estimate of drug-likeness (QED) is 0.586. The molecule has 6 nitrogen and oxygen atoms in total. The van der Waals surface area contributed by atoms with Gasteiger partial charge in [-0.2, -0.15) is 0 Å². The van der Waals surface area contributed by atoms with Gasteiger partial charge in [0, 0.05) is 5.69 Å². The average molecular weight is 332 g/mol. The number of hydrogen-bond donors (Lipinski definition) is 3. The molecule has 2 rings (SSSR count). The normalized spacial score (nSPS) is 12.2. The lowest BCUT2D eigenvalue weighted by Gasteiger charge is -2.08. The molecule has 0 spiro atoms. The predicted molar refractivity (Wildman–Crippen MR) is 92.7 cm³/mol. The number of aliphatic imine (C=N–C) groups is 1. The molecule has 0 unspecified atom stereocenters. The monoisotopic (exact) mass is 332 g/mol. The van der Waals surface area contributed by atoms with E-state index in [0.717, 1.165) is 16.8 Å². The Morgan fingerprint density at radius 1 is 1.13 bits per heavy atom. The van der Waals surface area contributed by atoms with Gasteiger partial charge in [-0.1, -0.05) is 18.2 Å². The number of guanidine groups is 1. The van der Waals surface area contributed by atoms with Gasteiger partial charge in [-0.15, -0.1) is 0 Å². The van der Waals surface area contributed by atoms with E-state index in [2.05, 4.69) is 16.4 Å². The van der Waals surface area contributed by atoms with Crippen molar-refractivity contribution in [3.63, 3.8) is 0 Å². The Hall–Kier alpha value is -2.38. The minimum Gasteiger partial charge on any atom is -0.370 e. The van der Waals surface area contributed by atoms with Gasteiger partial charge < -0.3 is 11.1 Å². The topological polar surface area (TPSA) is 111 Å². The third-order valence-electron chi connectivity index (χ3n) is 3.15. The zero-order valence-corrected chi connectivity index (χ0v) is 13.9. The first-order chi connectivity index (χ1) is 10.7. The highest BCUT2D eigenvalue weighted by atomic mass is 32.2. The Kier molecular flexibility index (Phi) is 5.02. The van der Waals surface area contributed by atoms with Crippen LogP contribution in [0.25, 0.3) is 0 Å². The van der Waals surface area contributed by atoms with Crippen LogP contribution in [0.1, 0.15) is 16.7 Å². The maximum absolute atomic E-state index is 11.3. The Morgan fingerprint density at radius 3 is 2.39 bits per heavy atom. The molecule has 0 aliphatic rings. The number of nitrogens with zero attached hydrogens (tertiary/aromatic N) is 1. The molecule has 0 aliphatic carbocycles. The Labute approximate surface area is 136 Å². The van der Waals surface area contributed by atoms with Gasteiger partial charge in [-0.25, -0.2) is 18.5 Å². The first kappa shape index (κ1) is 17.0. The van der Waals surface area contributed by atoms with Crippen molar-refractivity contribution in [2.75, 3.05) is 5.32 Å². The zero-order chi connectivity index (χ0) is 17.0. The van der Waals surface area contributed by atoms with Gasteiger partial charge in [0.2, 0.25) is 10.0 Å². The van der Waals surface area contributed by atoms with Gasteiger partial charge in [-0.3, -0.25) is 0 Å². The Balaban J connectivity index is 2.10. The maximum atomic E-state index is 11.3. The lowest BCUT2D eigenvalue weighted by Crippen LogP contribution is -2.22. The summed E-state index contributed by atoms with van der Waals surface area (Å²) in [5.41, 5.74) is 9.70. The zero-order valence-electron chi connectivity index (χ0n) is 13.1. The molecule has 0 fully saturated rings. The Bertz CT molecular complexity index is 825. The van der Waals surface area contributed by atoms with Crippen molar-refractivity contribution in [1.29, 1.82) is 0 Å². The van der Waals surface area contributed by atoms with E-state index in [-0.39, 0.29) is 17.4 Å². The van der Waals surface area contributed by atoms with Crippen LogP contribution in [0.5, 0.6) is 0 Å². The number of sulfonamides is 1. The molecule has 0 aliphatic heterocycles. The molecule has 0 atom stereocenters. The molecule has 7 heteroatoms. The van der Waals surface area contributed by atoms with Crippen LogP contribution in [0.2, 0.25) is 0 Å². The summed E-state index contributed by atoms with van der Waals surface area (Å²) >= 11 is 0. The molecule has 0 amide bonds. The van der Waals surface area contributed by atoms with E-state index in [1.807, 2.05) is 26.0 Å². The number of hydrogen-bond acceptors (Lipinski definition) is 3. The molecule has 0 bridgehead atoms. The van der Waals surface area contributed by atoms with Crippen molar-refractivity contribution >= 4 is 21.7 Å². The minimum atomic E-state index is -3.72. The van der Waals surface area contributed by atoms with Gasteiger partial charge in [-0.05, 0) is 54.8 Å². The lowest BCUT2D eigenvalue weighted by molar-refractivity contribution is 0.597. The Morgan fingerprint density at radius 2 is 1.78 bits per heavy atom. The molecule has 5 N–H and O–H groups in total. The van der Waals surface area contributed by atoms with Crippen molar-refractivity contribution in [2.45, 2.75) is 25.3 Å². The largest absolute Gasteiger partial charge is 0.370 e. The van der Waals surface area contributed by atoms with Crippen LogP contribution in [0.3, 0.4) is 0 Å². The van der Waals surface area contributed by atoms with Crippen LogP contribution >= 0.6 is 0 Å². The summed E-state index contributed by atoms with van der Waals surface area (Å²) in [6, 6.07) is 12.3. The second-order valence-electron chi connectivity index (χ2n) is 5.40. The number of anilines is 1. The molecule has 0 aromatic heterocycles. The van der Waals surface area contributed by atoms with E-state index >= 15 is 0 Å². The van der Waals surface area contributed by atoms with E-state index < -0.39 is 10.0 Å². The van der Waals surface area contributed by atoms with Gasteiger partial charge in [0.15, 0.2) is 5.96 Å². The molecule has 23 heavy (non-hydrogen) atoms. The van der Waals surface area contributed by atoms with Crippen LogP contribution in [-0.4, -0.2) is 14.4 Å². The number of nitrogens with one attached hydrogen (secondary N) is 1. The SMILES string of the molecule is Cc1cc(C)cc(NC(N)=NCc2cccc(S(N)(=O)=O)c2)c1. The second-order valence-corrected chi connectivity index (χ2v) is 6.96. The summed E-state index contributed by atoms with van der Waals surface area (Å²) in [6.45, 7) is 4.27. The van der Waals surface area contributed by atoms with E-state index in [9.17, 15) is 8.42 Å². The van der Waals surface area contributed by atoms with Crippen molar-refractivity contribution < 1.29 is 8.42 Å². The number of nitrogens with two attached hydrogens (primary N) is 2. The molecule has 0 saturated heterocycles. The second kappa shape index (κ2) is 6.80. The molecule has 2 aromatic carbocycles. The first-order valence-corrected chi connectivity index (χ1v) is 8.55. The van der Waals surface area contributed by atoms with Gasteiger partial charge >= 0.3 is 0 Å². The highest BCUT2D eigenvalue weighted by Crippen LogP contribution is 2.14. The third-order valence-corrected chi connectivity index (χ3v) is 4.06. The minimum absolute atomic E-state index is 0.0611. The molecule has 0 radical (unpaired) electrons. The number of rotatable bonds is 4. The number of aryl methyl sites for hydroxylation is 2. The molecule has 0 heterocycles. The molecule has 122 valence electrons. The summed E-state index contributed by atoms with van der Waals surface area (Å²) in [6.07, 6.45) is 0. The van der Waals surface area contributed by atoms with E-state index in [0.29, 0.717) is 5.56 Å². The maximum Gasteiger partial charge on any atom is 0.238 e. The summed E-state index contributed by atoms with van der Waals surface area (Å²) in [5.74, 6) is 0.260. The first-order valence-electron chi connectivity index (χ1n) is 7.01. The fourth-order valence-corrected chi connectivity index (χ4v) is 2.82. The fraction of sp³-hybridized carbons (Fsp3) is 0.188. The molecular weight excluding hydrogens is 312 g/mol. The van der Waals surface area contributed by atoms with Crippen molar-refractivity contribution in [2.24, 2.45) is 15.9 Å². The summed E-state index contributed by atoms with van der Waals surface area (Å²) < 4.78 is 22.7. The van der Waals surface area contributed by atoms with Crippen molar-refractivity contribution in [3.05, 3.63) is 59.2 Å². The number of benzene rings is 2. The molecule has 2 aromatic rings. The van der Waals surface area contributed by atoms with Crippen molar-refractivity contribution in [3.8, 4) is 0 Å². The number of primary sulfonamides is 1. The molecule has 0 saturated carbocycles. The van der Waals surface area contributed by atoms with Crippen LogP contribution in [0.15, 0.2) is 52.4 Å². The predicted octanol–water partition coefficient (Wildman–Crippen LogP) is 1.88. The van der Waals surface area contributed by atoms with Crippen LogP contribution in [0, 0.1) is 13.8 Å². The summed E-state index contributed by atoms with van der Waals surface area (Å²) in [4.78, 5) is 4.28. The van der Waals surface area contributed by atoms with Crippen LogP contribution in [0.4, 0.5) is 5.69 Å². The summed E-state index contributed by atoms with van der Waals surface area (Å²) in [5, 5.41) is 8.13. The lowest BCUT2D eigenvalue weighted by atomic mass is 10.1. The van der Waals surface area contributed by atoms with Gasteiger partial charge in [0.25, 0.3) is 0 Å². The smallest absolute Gasteiger partial charge is 0.238 e. The third kappa shape index (κ3) is 5.08. The highest BCUT2D eigenvalue weighted by molar-refractivity contribution is 7.89. The van der Waals surface area contributed by atoms with Crippen LogP contribution < -0.4 is 16.2 Å². The highest BCUT2D eigenvalue weighted by Gasteiger charge is 2.07. The average Bonchev–Trinajstić information content (AvgIpc) is 2.43. The van der Waals surface area contributed by atoms with Gasteiger partial charge in [0.1, 0.15) is 0 Å². The fourth-order valence-electron chi connectivity index (χ4n) is 2.23. The van der Waals surface area contributed by atoms with Gasteiger partial charge in [0.05, 0.1) is 11.4 Å². The van der Waals surface area contributed by atoms with E-state index in [1.54, 1.807) is 12.1 Å².